The van der Waals surface area contributed by atoms with Gasteiger partial charge in [-0.2, -0.15) is 13.2 Å². The number of nitrogens with zero attached hydrogens (tertiary/aromatic N) is 1. The van der Waals surface area contributed by atoms with Crippen LogP contribution in [-0.4, -0.2) is 55.9 Å². The van der Waals surface area contributed by atoms with Gasteiger partial charge in [-0.3, -0.25) is 0 Å². The van der Waals surface area contributed by atoms with Crippen molar-refractivity contribution < 1.29 is 69.5 Å². The molecule has 1 aromatic carbocycles. The van der Waals surface area contributed by atoms with E-state index in [0.717, 1.165) is 12.1 Å². The summed E-state index contributed by atoms with van der Waals surface area (Å²) in [6, 6.07) is 1.60. The fourth-order valence-electron chi connectivity index (χ4n) is 2.83. The van der Waals surface area contributed by atoms with Crippen molar-refractivity contribution in [3.8, 4) is 11.5 Å². The van der Waals surface area contributed by atoms with E-state index in [4.69, 9.17) is 4.74 Å². The number of halogens is 6. The number of carbonyl (C=O) groups is 2. The van der Waals surface area contributed by atoms with E-state index >= 15 is 0 Å². The Labute approximate surface area is 197 Å². The zero-order valence-corrected chi connectivity index (χ0v) is 18.1. The van der Waals surface area contributed by atoms with Crippen LogP contribution in [0.25, 0.3) is 6.08 Å². The maximum Gasteiger partial charge on any atom is 0.573 e. The van der Waals surface area contributed by atoms with E-state index in [2.05, 4.69) is 23.8 Å². The van der Waals surface area contributed by atoms with Crippen molar-refractivity contribution in [2.45, 2.75) is 38.4 Å². The Morgan fingerprint density at radius 2 is 1.78 bits per heavy atom. The van der Waals surface area contributed by atoms with Crippen LogP contribution in [-0.2, 0) is 30.3 Å². The Hall–Kier alpha value is -3.92. The largest absolute Gasteiger partial charge is 0.573 e. The molecule has 1 atom stereocenters. The first kappa shape index (κ1) is 28.3. The fraction of sp³-hybridized carbons (Fsp3) is 0.474. The third-order valence-electron chi connectivity index (χ3n) is 4.22. The van der Waals surface area contributed by atoms with Gasteiger partial charge in [-0.1, -0.05) is 6.92 Å². The molecule has 1 heterocycles. The minimum Gasteiger partial charge on any atom is -0.475 e. The number of aryl methyl sites for hydroxylation is 1. The summed E-state index contributed by atoms with van der Waals surface area (Å²) in [5.41, 5.74) is -1.48. The van der Waals surface area contributed by atoms with Gasteiger partial charge < -0.3 is 28.5 Å². The van der Waals surface area contributed by atoms with E-state index in [0.29, 0.717) is 6.08 Å². The highest BCUT2D eigenvalue weighted by Crippen LogP contribution is 2.42. The summed E-state index contributed by atoms with van der Waals surface area (Å²) in [6.07, 6.45) is -13.9. The molecule has 0 bridgehead atoms. The molecule has 0 unspecified atom stereocenters. The van der Waals surface area contributed by atoms with Gasteiger partial charge in [0.05, 0.1) is 18.8 Å². The molecule has 200 valence electrons. The number of carbonyl (C=O) groups excluding carboxylic acids is 2. The maximum atomic E-state index is 13.6. The Morgan fingerprint density at radius 3 is 2.36 bits per heavy atom. The van der Waals surface area contributed by atoms with Gasteiger partial charge in [-0.15, -0.1) is 23.3 Å². The molecule has 0 amide bonds. The molecule has 11 nitrogen and oxygen atoms in total. The van der Waals surface area contributed by atoms with Crippen molar-refractivity contribution in [3.05, 3.63) is 38.9 Å². The van der Waals surface area contributed by atoms with Crippen molar-refractivity contribution in [2.24, 2.45) is 0 Å². The Kier molecular flexibility index (Phi) is 9.18. The number of hydrogen-bond donors (Lipinski definition) is 0. The number of benzene rings is 1. The van der Waals surface area contributed by atoms with Crippen molar-refractivity contribution in [2.75, 3.05) is 20.0 Å². The molecular weight excluding hydrogens is 516 g/mol. The van der Waals surface area contributed by atoms with Gasteiger partial charge in [0.1, 0.15) is 11.5 Å². The minimum atomic E-state index is -5.12. The monoisotopic (exact) mass is 533 g/mol. The standard InChI is InChI=1S/C19H17F6NO10/c1-2-10-6-12(36-19(23,24)25)7-11-8-13(15(18(20,21)22)35-14(10)11)16(27)32-9-33-17(28)31-4-3-5-34-26(29)30/h6-8,15H,2-5,9H2,1H3/t15-/m0/s1. The number of rotatable bonds is 10. The van der Waals surface area contributed by atoms with Crippen LogP contribution in [0.15, 0.2) is 17.7 Å². The summed E-state index contributed by atoms with van der Waals surface area (Å²) in [6.45, 7) is -0.499. The van der Waals surface area contributed by atoms with Crippen molar-refractivity contribution in [1.29, 1.82) is 0 Å². The van der Waals surface area contributed by atoms with Crippen LogP contribution < -0.4 is 9.47 Å². The second-order valence-corrected chi connectivity index (χ2v) is 6.74. The van der Waals surface area contributed by atoms with E-state index in [1.165, 1.54) is 6.92 Å². The third-order valence-corrected chi connectivity index (χ3v) is 4.22. The zero-order valence-electron chi connectivity index (χ0n) is 18.1. The molecule has 0 saturated carbocycles. The summed E-state index contributed by atoms with van der Waals surface area (Å²) >= 11 is 0. The topological polar surface area (TPSA) is 133 Å². The molecule has 0 aliphatic carbocycles. The van der Waals surface area contributed by atoms with Crippen molar-refractivity contribution in [1.82, 2.24) is 0 Å². The summed E-state index contributed by atoms with van der Waals surface area (Å²) < 4.78 is 101. The van der Waals surface area contributed by atoms with Gasteiger partial charge in [-0.05, 0) is 30.2 Å². The quantitative estimate of drug-likeness (QED) is 0.108. The summed E-state index contributed by atoms with van der Waals surface area (Å²) in [5.74, 6) is -2.78. The van der Waals surface area contributed by atoms with Crippen LogP contribution >= 0.6 is 0 Å². The summed E-state index contributed by atoms with van der Waals surface area (Å²) in [4.78, 5) is 37.6. The van der Waals surface area contributed by atoms with Crippen molar-refractivity contribution in [3.63, 3.8) is 0 Å². The van der Waals surface area contributed by atoms with Crippen LogP contribution in [0.5, 0.6) is 11.5 Å². The van der Waals surface area contributed by atoms with Crippen molar-refractivity contribution >= 4 is 18.2 Å². The number of fused-ring (bicyclic) bond motifs is 1. The van der Waals surface area contributed by atoms with Gasteiger partial charge in [-0.25, -0.2) is 9.59 Å². The average Bonchev–Trinajstić information content (AvgIpc) is 2.75. The highest BCUT2D eigenvalue weighted by atomic mass is 19.4. The van der Waals surface area contributed by atoms with Crippen LogP contribution in [0, 0.1) is 10.1 Å². The van der Waals surface area contributed by atoms with Gasteiger partial charge >= 0.3 is 24.7 Å². The summed E-state index contributed by atoms with van der Waals surface area (Å²) in [7, 11) is 0. The Morgan fingerprint density at radius 1 is 1.08 bits per heavy atom. The molecule has 17 heteroatoms. The number of esters is 1. The van der Waals surface area contributed by atoms with Gasteiger partial charge in [0.25, 0.3) is 5.09 Å². The lowest BCUT2D eigenvalue weighted by molar-refractivity contribution is -0.757. The molecule has 0 spiro atoms. The van der Waals surface area contributed by atoms with Crippen LogP contribution in [0.2, 0.25) is 0 Å². The predicted octanol–water partition coefficient (Wildman–Crippen LogP) is 4.11. The smallest absolute Gasteiger partial charge is 0.475 e. The summed E-state index contributed by atoms with van der Waals surface area (Å²) in [5, 5.41) is 8.89. The lowest BCUT2D eigenvalue weighted by atomic mass is 9.97. The lowest BCUT2D eigenvalue weighted by Crippen LogP contribution is -2.41. The first-order chi connectivity index (χ1) is 16.7. The molecule has 0 radical (unpaired) electrons. The predicted molar refractivity (Wildman–Crippen MR) is 102 cm³/mol. The second kappa shape index (κ2) is 11.7. The number of alkyl halides is 6. The Balaban J connectivity index is 2.12. The van der Waals surface area contributed by atoms with E-state index in [9.17, 15) is 46.0 Å². The minimum absolute atomic E-state index is 0.0241. The van der Waals surface area contributed by atoms with E-state index in [-0.39, 0.29) is 37.2 Å². The SMILES string of the molecule is CCc1cc(OC(F)(F)F)cc2c1O[C@H](C(F)(F)F)C(C(=O)OCOC(=O)OCCCO[N+](=O)[O-])=C2. The van der Waals surface area contributed by atoms with Gasteiger partial charge in [0.15, 0.2) is 0 Å². The molecular formula is C19H17F6NO10. The number of ether oxygens (including phenoxy) is 5. The normalized spacial score (nSPS) is 15.1. The van der Waals surface area contributed by atoms with Gasteiger partial charge in [0, 0.05) is 12.0 Å². The van der Waals surface area contributed by atoms with Crippen LogP contribution in [0.1, 0.15) is 24.5 Å². The molecule has 1 aromatic rings. The lowest BCUT2D eigenvalue weighted by Gasteiger charge is -2.29. The molecule has 2 rings (SSSR count). The number of hydrogen-bond acceptors (Lipinski definition) is 10. The fourth-order valence-corrected chi connectivity index (χ4v) is 2.83. The molecule has 1 aliphatic heterocycles. The molecule has 0 N–H and O–H groups in total. The first-order valence-electron chi connectivity index (χ1n) is 9.83. The van der Waals surface area contributed by atoms with E-state index in [1.54, 1.807) is 0 Å². The van der Waals surface area contributed by atoms with Crippen LogP contribution in [0.3, 0.4) is 0 Å². The van der Waals surface area contributed by atoms with Crippen LogP contribution in [0.4, 0.5) is 31.1 Å². The third kappa shape index (κ3) is 8.38. The average molecular weight is 533 g/mol. The highest BCUT2D eigenvalue weighted by Gasteiger charge is 2.49. The molecule has 36 heavy (non-hydrogen) atoms. The van der Waals surface area contributed by atoms with E-state index in [1.807, 2.05) is 0 Å². The first-order valence-corrected chi connectivity index (χ1v) is 9.83. The van der Waals surface area contributed by atoms with E-state index < -0.39 is 59.7 Å². The molecule has 0 saturated heterocycles. The molecule has 0 aromatic heterocycles. The highest BCUT2D eigenvalue weighted by molar-refractivity contribution is 5.96. The van der Waals surface area contributed by atoms with Gasteiger partial charge in [0.2, 0.25) is 12.9 Å². The molecule has 1 aliphatic rings. The second-order valence-electron chi connectivity index (χ2n) is 6.74. The molecule has 0 fully saturated rings. The maximum absolute atomic E-state index is 13.6. The Bertz CT molecular complexity index is 1010. The zero-order chi connectivity index (χ0) is 27.1.